The van der Waals surface area contributed by atoms with Crippen LogP contribution in [-0.4, -0.2) is 31.6 Å². The van der Waals surface area contributed by atoms with Gasteiger partial charge in [0.15, 0.2) is 0 Å². The molecular formula is C28H34O4Ti. The van der Waals surface area contributed by atoms with E-state index in [0.717, 1.165) is 21.5 Å². The van der Waals surface area contributed by atoms with Crippen molar-refractivity contribution < 1.29 is 42.1 Å². The van der Waals surface area contributed by atoms with Crippen molar-refractivity contribution in [3.63, 3.8) is 0 Å². The van der Waals surface area contributed by atoms with E-state index in [1.54, 1.807) is 53.7 Å². The number of hydrogen-bond donors (Lipinski definition) is 4. The minimum absolute atomic E-state index is 0. The van der Waals surface area contributed by atoms with E-state index in [0.29, 0.717) is 11.1 Å². The number of fused-ring (bicyclic) bond motifs is 2. The van der Waals surface area contributed by atoms with Crippen molar-refractivity contribution in [1.82, 2.24) is 0 Å². The summed E-state index contributed by atoms with van der Waals surface area (Å²) in [6, 6.07) is 22.9. The molecule has 5 heteroatoms. The first-order valence-corrected chi connectivity index (χ1v) is 10.6. The van der Waals surface area contributed by atoms with E-state index < -0.39 is 11.2 Å². The monoisotopic (exact) mass is 482 g/mol. The Labute approximate surface area is 211 Å². The van der Waals surface area contributed by atoms with Gasteiger partial charge in [-0.2, -0.15) is 0 Å². The summed E-state index contributed by atoms with van der Waals surface area (Å²) in [4.78, 5) is 0. The zero-order valence-corrected chi connectivity index (χ0v) is 21.8. The average molecular weight is 482 g/mol. The zero-order chi connectivity index (χ0) is 24.1. The summed E-state index contributed by atoms with van der Waals surface area (Å²) in [5.74, 6) is 0.343. The fourth-order valence-corrected chi connectivity index (χ4v) is 3.05. The first kappa shape index (κ1) is 28.7. The van der Waals surface area contributed by atoms with Crippen molar-refractivity contribution in [3.8, 4) is 22.6 Å². The molecule has 4 aromatic rings. The Morgan fingerprint density at radius 3 is 1.06 bits per heavy atom. The molecule has 33 heavy (non-hydrogen) atoms. The molecule has 0 radical (unpaired) electrons. The van der Waals surface area contributed by atoms with Crippen molar-refractivity contribution in [2.45, 2.75) is 52.7 Å². The van der Waals surface area contributed by atoms with E-state index in [4.69, 9.17) is 10.2 Å². The third-order valence-corrected chi connectivity index (χ3v) is 4.06. The minimum atomic E-state index is -0.500. The van der Waals surface area contributed by atoms with E-state index in [1.807, 2.05) is 60.7 Å². The van der Waals surface area contributed by atoms with Crippen molar-refractivity contribution in [2.24, 2.45) is 0 Å². The molecule has 0 saturated heterocycles. The Morgan fingerprint density at radius 1 is 0.485 bits per heavy atom. The summed E-state index contributed by atoms with van der Waals surface area (Å²) in [7, 11) is 0. The molecule has 0 saturated carbocycles. The summed E-state index contributed by atoms with van der Waals surface area (Å²) in [5, 5.41) is 41.8. The fraction of sp³-hybridized carbons (Fsp3) is 0.286. The van der Waals surface area contributed by atoms with Crippen molar-refractivity contribution in [3.05, 3.63) is 72.8 Å². The topological polar surface area (TPSA) is 80.9 Å². The first-order chi connectivity index (χ1) is 14.8. The van der Waals surface area contributed by atoms with E-state index >= 15 is 0 Å². The Bertz CT molecular complexity index is 1080. The predicted molar refractivity (Wildman–Crippen MR) is 134 cm³/mol. The quantitative estimate of drug-likeness (QED) is 0.230. The number of aliphatic hydroxyl groups is 2. The van der Waals surface area contributed by atoms with Crippen LogP contribution in [0.2, 0.25) is 0 Å². The van der Waals surface area contributed by atoms with Gasteiger partial charge in [0.2, 0.25) is 0 Å². The van der Waals surface area contributed by atoms with Gasteiger partial charge in [-0.05, 0) is 75.2 Å². The second kappa shape index (κ2) is 11.7. The molecule has 0 amide bonds. The van der Waals surface area contributed by atoms with Crippen molar-refractivity contribution >= 4 is 21.5 Å². The van der Waals surface area contributed by atoms with Crippen LogP contribution in [-0.2, 0) is 21.7 Å². The summed E-state index contributed by atoms with van der Waals surface area (Å²) in [5.41, 5.74) is 0.347. The van der Waals surface area contributed by atoms with Gasteiger partial charge in [0.25, 0.3) is 0 Å². The van der Waals surface area contributed by atoms with Crippen LogP contribution in [0.15, 0.2) is 72.8 Å². The van der Waals surface area contributed by atoms with Gasteiger partial charge >= 0.3 is 0 Å². The van der Waals surface area contributed by atoms with Gasteiger partial charge < -0.3 is 20.4 Å². The smallest absolute Gasteiger partial charge is 0.124 e. The first-order valence-electron chi connectivity index (χ1n) is 10.6. The van der Waals surface area contributed by atoms with Crippen LogP contribution in [0.3, 0.4) is 0 Å². The normalized spacial score (nSPS) is 11.0. The van der Waals surface area contributed by atoms with Crippen molar-refractivity contribution in [2.75, 3.05) is 0 Å². The van der Waals surface area contributed by atoms with Crippen LogP contribution >= 0.6 is 0 Å². The Morgan fingerprint density at radius 2 is 0.758 bits per heavy atom. The molecule has 0 unspecified atom stereocenters. The van der Waals surface area contributed by atoms with Crippen LogP contribution in [0.5, 0.6) is 11.5 Å². The average Bonchev–Trinajstić information content (AvgIpc) is 2.66. The van der Waals surface area contributed by atoms with Gasteiger partial charge in [0.05, 0.1) is 11.2 Å². The maximum absolute atomic E-state index is 10.4. The summed E-state index contributed by atoms with van der Waals surface area (Å²) < 4.78 is 0. The summed E-state index contributed by atoms with van der Waals surface area (Å²) in [6.07, 6.45) is 0. The molecule has 4 N–H and O–H groups in total. The molecular weight excluding hydrogens is 448 g/mol. The van der Waals surface area contributed by atoms with E-state index in [-0.39, 0.29) is 33.2 Å². The van der Waals surface area contributed by atoms with E-state index in [9.17, 15) is 10.2 Å². The molecule has 174 valence electrons. The van der Waals surface area contributed by atoms with Crippen LogP contribution in [0.25, 0.3) is 32.7 Å². The van der Waals surface area contributed by atoms with Gasteiger partial charge in [-0.25, -0.2) is 0 Å². The number of hydrogen-bond acceptors (Lipinski definition) is 4. The Kier molecular flexibility index (Phi) is 10.1. The van der Waals surface area contributed by atoms with Gasteiger partial charge in [0.1, 0.15) is 11.5 Å². The second-order valence-corrected chi connectivity index (χ2v) is 9.70. The van der Waals surface area contributed by atoms with Crippen LogP contribution in [0.1, 0.15) is 41.5 Å². The number of phenolic OH excluding ortho intramolecular Hbond substituents is 2. The van der Waals surface area contributed by atoms with Crippen LogP contribution < -0.4 is 0 Å². The Hall–Kier alpha value is -2.37. The maximum Gasteiger partial charge on any atom is 0.124 e. The van der Waals surface area contributed by atoms with Gasteiger partial charge in [-0.1, -0.05) is 60.7 Å². The molecule has 0 heterocycles. The molecule has 0 aromatic heterocycles. The third-order valence-electron chi connectivity index (χ3n) is 4.06. The maximum atomic E-state index is 10.4. The van der Waals surface area contributed by atoms with E-state index in [1.165, 1.54) is 0 Å². The molecule has 0 atom stereocenters. The third kappa shape index (κ3) is 9.19. The predicted octanol–water partition coefficient (Wildman–Crippen LogP) is 6.62. The zero-order valence-electron chi connectivity index (χ0n) is 20.2. The SMILES string of the molecule is CC(C)(C)O.CC(C)(C)O.Oc1ccc2ccccc2c1-c1c(O)ccc2ccccc12.[Ti]. The molecule has 0 fully saturated rings. The molecule has 0 aliphatic heterocycles. The van der Waals surface area contributed by atoms with Crippen LogP contribution in [0, 0.1) is 0 Å². The number of benzene rings is 4. The molecule has 4 aromatic carbocycles. The van der Waals surface area contributed by atoms with Gasteiger partial charge in [-0.3, -0.25) is 0 Å². The fourth-order valence-electron chi connectivity index (χ4n) is 3.05. The minimum Gasteiger partial charge on any atom is -0.507 e. The number of phenols is 2. The number of aromatic hydroxyl groups is 2. The summed E-state index contributed by atoms with van der Waals surface area (Å²) in [6.45, 7) is 10.5. The molecule has 0 aliphatic carbocycles. The molecule has 4 rings (SSSR count). The number of rotatable bonds is 1. The Balaban J connectivity index is 0.000000422. The molecule has 0 spiro atoms. The van der Waals surface area contributed by atoms with Gasteiger partial charge in [-0.15, -0.1) is 0 Å². The van der Waals surface area contributed by atoms with Crippen LogP contribution in [0.4, 0.5) is 0 Å². The van der Waals surface area contributed by atoms with Crippen molar-refractivity contribution in [1.29, 1.82) is 0 Å². The standard InChI is InChI=1S/C20H14O2.2C4H10O.Ti/c21-17-11-9-13-5-1-3-7-15(13)19(17)20-16-8-4-2-6-14(16)10-12-18(20)22;2*1-4(2,3)5;/h1-12,21-22H;2*5H,1-3H3;. The molecule has 0 aliphatic rings. The van der Waals surface area contributed by atoms with Gasteiger partial charge in [0, 0.05) is 32.8 Å². The molecule has 0 bridgehead atoms. The second-order valence-electron chi connectivity index (χ2n) is 9.70. The van der Waals surface area contributed by atoms with E-state index in [2.05, 4.69) is 0 Å². The largest absolute Gasteiger partial charge is 0.507 e. The summed E-state index contributed by atoms with van der Waals surface area (Å²) >= 11 is 0. The molecule has 4 nitrogen and oxygen atoms in total.